The lowest BCUT2D eigenvalue weighted by molar-refractivity contribution is -0.139. The summed E-state index contributed by atoms with van der Waals surface area (Å²) in [5, 5.41) is 19.6. The molecule has 0 saturated carbocycles. The lowest BCUT2D eigenvalue weighted by Crippen LogP contribution is -2.67. The van der Waals surface area contributed by atoms with Crippen molar-refractivity contribution in [3.63, 3.8) is 0 Å². The van der Waals surface area contributed by atoms with Gasteiger partial charge in [-0.3, -0.25) is 14.4 Å². The molecule has 4 N–H and O–H groups in total. The van der Waals surface area contributed by atoms with Gasteiger partial charge >= 0.3 is 5.97 Å². The molecule has 0 radical (unpaired) electrons. The highest BCUT2D eigenvalue weighted by Crippen LogP contribution is 2.38. The average molecular weight is 540 g/mol. The molecular weight excluding hydrogens is 498 g/mol. The summed E-state index contributed by atoms with van der Waals surface area (Å²) in [6.07, 6.45) is 0.259. The van der Waals surface area contributed by atoms with Crippen LogP contribution in [-0.4, -0.2) is 62.5 Å². The van der Waals surface area contributed by atoms with Gasteiger partial charge in [-0.05, 0) is 27.2 Å². The molecule has 9 heteroatoms. The second-order valence-electron chi connectivity index (χ2n) is 12.0. The molecule has 0 spiro atoms. The van der Waals surface area contributed by atoms with Crippen LogP contribution in [0, 0.1) is 5.41 Å². The Kier molecular flexibility index (Phi) is 9.17. The number of rotatable bonds is 9. The van der Waals surface area contributed by atoms with Crippen LogP contribution in [0.5, 0.6) is 0 Å². The first kappa shape index (κ1) is 29.5. The maximum Gasteiger partial charge on any atom is 0.322 e. The highest BCUT2D eigenvalue weighted by Gasteiger charge is 2.52. The number of amides is 2. The number of hydrogen-bond donors (Lipinski definition) is 4. The molecule has 3 rings (SSSR count). The zero-order valence-corrected chi connectivity index (χ0v) is 24.2. The Bertz CT molecular complexity index is 1070. The number of carbonyl (C=O) groups is 3. The Balaban J connectivity index is 1.82. The van der Waals surface area contributed by atoms with Gasteiger partial charge in [-0.15, -0.1) is 0 Å². The van der Waals surface area contributed by atoms with Crippen LogP contribution >= 0.6 is 0 Å². The molecule has 38 heavy (non-hydrogen) atoms. The Morgan fingerprint density at radius 1 is 0.974 bits per heavy atom. The SMILES string of the molecule is CC(C)(C)[C@H](NC(=O)[C@@H]1C[C@@H](O[Si](c2ccccc2)(c2ccccc2)C(C)(C)C)CN1)C(=O)NCC(=O)O. The molecule has 1 aliphatic rings. The van der Waals surface area contributed by atoms with Gasteiger partial charge in [0.15, 0.2) is 0 Å². The highest BCUT2D eigenvalue weighted by atomic mass is 28.4. The fourth-order valence-corrected chi connectivity index (χ4v) is 9.81. The summed E-state index contributed by atoms with van der Waals surface area (Å²) in [6.45, 7) is 12.1. The zero-order chi connectivity index (χ0) is 28.1. The lowest BCUT2D eigenvalue weighted by atomic mass is 9.86. The van der Waals surface area contributed by atoms with Crippen molar-refractivity contribution in [1.29, 1.82) is 0 Å². The Morgan fingerprint density at radius 2 is 1.50 bits per heavy atom. The molecule has 8 nitrogen and oxygen atoms in total. The van der Waals surface area contributed by atoms with E-state index in [1.165, 1.54) is 10.4 Å². The van der Waals surface area contributed by atoms with Crippen LogP contribution in [0.4, 0.5) is 0 Å². The van der Waals surface area contributed by atoms with Crippen molar-refractivity contribution in [2.24, 2.45) is 5.41 Å². The Labute approximate surface area is 226 Å². The fourth-order valence-electron chi connectivity index (χ4n) is 5.12. The molecule has 1 saturated heterocycles. The molecular formula is C29H41N3O5Si. The third-order valence-corrected chi connectivity index (χ3v) is 12.1. The van der Waals surface area contributed by atoms with Crippen LogP contribution in [0.15, 0.2) is 60.7 Å². The third-order valence-electron chi connectivity index (χ3n) is 7.00. The first-order valence-corrected chi connectivity index (χ1v) is 15.0. The topological polar surface area (TPSA) is 117 Å². The number of carboxylic acids is 1. The number of hydrogen-bond acceptors (Lipinski definition) is 5. The predicted octanol–water partition coefficient (Wildman–Crippen LogP) is 2.03. The van der Waals surface area contributed by atoms with Gasteiger partial charge in [0.2, 0.25) is 11.8 Å². The highest BCUT2D eigenvalue weighted by molar-refractivity contribution is 6.99. The normalized spacial score (nSPS) is 19.0. The van der Waals surface area contributed by atoms with Gasteiger partial charge in [-0.1, -0.05) is 102 Å². The predicted molar refractivity (Wildman–Crippen MR) is 151 cm³/mol. The second kappa shape index (κ2) is 11.8. The standard InChI is InChI=1S/C29H41N3O5Si/c1-28(2,3)25(27(36)31-19-24(33)34)32-26(35)23-17-20(18-30-23)37-38(29(4,5)6,21-13-9-7-10-14-21)22-15-11-8-12-16-22/h7-16,20,23,25,30H,17-19H2,1-6H3,(H,31,36)(H,32,35)(H,33,34)/t20-,23+,25-/m1/s1. The average Bonchev–Trinajstić information content (AvgIpc) is 3.32. The number of aliphatic carboxylic acids is 1. The quantitative estimate of drug-likeness (QED) is 0.363. The van der Waals surface area contributed by atoms with E-state index in [9.17, 15) is 14.4 Å². The minimum Gasteiger partial charge on any atom is -0.480 e. The van der Waals surface area contributed by atoms with Crippen LogP contribution in [-0.2, 0) is 18.8 Å². The van der Waals surface area contributed by atoms with Crippen molar-refractivity contribution in [3.05, 3.63) is 60.7 Å². The van der Waals surface area contributed by atoms with E-state index in [1.807, 2.05) is 57.2 Å². The molecule has 2 aromatic carbocycles. The first-order valence-electron chi connectivity index (χ1n) is 13.1. The van der Waals surface area contributed by atoms with Crippen molar-refractivity contribution < 1.29 is 23.9 Å². The first-order chi connectivity index (χ1) is 17.8. The molecule has 1 fully saturated rings. The molecule has 3 atom stereocenters. The molecule has 2 amide bonds. The number of carboxylic acid groups (broad SMARTS) is 1. The van der Waals surface area contributed by atoms with Gasteiger partial charge in [0.25, 0.3) is 8.32 Å². The maximum atomic E-state index is 13.3. The van der Waals surface area contributed by atoms with Crippen LogP contribution in [0.3, 0.4) is 0 Å². The van der Waals surface area contributed by atoms with E-state index in [0.717, 1.165) is 0 Å². The van der Waals surface area contributed by atoms with E-state index < -0.39 is 44.2 Å². The molecule has 0 aromatic heterocycles. The van der Waals surface area contributed by atoms with Gasteiger partial charge < -0.3 is 25.5 Å². The Hall–Kier alpha value is -3.01. The summed E-state index contributed by atoms with van der Waals surface area (Å²) in [4.78, 5) is 36.9. The van der Waals surface area contributed by atoms with Gasteiger partial charge in [-0.2, -0.15) is 0 Å². The minimum atomic E-state index is -2.77. The molecule has 1 aliphatic heterocycles. The van der Waals surface area contributed by atoms with Crippen LogP contribution < -0.4 is 26.3 Å². The molecule has 206 valence electrons. The smallest absolute Gasteiger partial charge is 0.322 e. The van der Waals surface area contributed by atoms with Crippen molar-refractivity contribution in [1.82, 2.24) is 16.0 Å². The number of carbonyl (C=O) groups excluding carboxylic acids is 2. The monoisotopic (exact) mass is 539 g/mol. The summed E-state index contributed by atoms with van der Waals surface area (Å²) >= 11 is 0. The number of nitrogens with one attached hydrogen (secondary N) is 3. The lowest BCUT2D eigenvalue weighted by Gasteiger charge is -2.44. The van der Waals surface area contributed by atoms with Crippen molar-refractivity contribution in [2.75, 3.05) is 13.1 Å². The molecule has 0 bridgehead atoms. The molecule has 0 aliphatic carbocycles. The van der Waals surface area contributed by atoms with Crippen LogP contribution in [0.2, 0.25) is 5.04 Å². The molecule has 1 heterocycles. The van der Waals surface area contributed by atoms with Crippen molar-refractivity contribution >= 4 is 36.5 Å². The van der Waals surface area contributed by atoms with Crippen LogP contribution in [0.1, 0.15) is 48.0 Å². The largest absolute Gasteiger partial charge is 0.480 e. The van der Waals surface area contributed by atoms with E-state index in [2.05, 4.69) is 61.0 Å². The minimum absolute atomic E-state index is 0.185. The summed E-state index contributed by atoms with van der Waals surface area (Å²) in [5.74, 6) is -1.96. The van der Waals surface area contributed by atoms with Gasteiger partial charge in [0.1, 0.15) is 12.6 Å². The van der Waals surface area contributed by atoms with Gasteiger partial charge in [-0.25, -0.2) is 0 Å². The maximum absolute atomic E-state index is 13.3. The molecule has 0 unspecified atom stereocenters. The van der Waals surface area contributed by atoms with E-state index >= 15 is 0 Å². The van der Waals surface area contributed by atoms with Gasteiger partial charge in [0, 0.05) is 6.54 Å². The third kappa shape index (κ3) is 6.70. The van der Waals surface area contributed by atoms with E-state index in [4.69, 9.17) is 9.53 Å². The van der Waals surface area contributed by atoms with Crippen molar-refractivity contribution in [3.8, 4) is 0 Å². The second-order valence-corrected chi connectivity index (χ2v) is 16.3. The summed E-state index contributed by atoms with van der Waals surface area (Å²) in [5.41, 5.74) is -0.609. The fraction of sp³-hybridized carbons (Fsp3) is 0.483. The van der Waals surface area contributed by atoms with E-state index in [0.29, 0.717) is 13.0 Å². The van der Waals surface area contributed by atoms with E-state index in [1.54, 1.807) is 0 Å². The van der Waals surface area contributed by atoms with E-state index in [-0.39, 0.29) is 17.0 Å². The Morgan fingerprint density at radius 3 is 1.95 bits per heavy atom. The summed E-state index contributed by atoms with van der Waals surface area (Å²) in [6, 6.07) is 19.3. The summed E-state index contributed by atoms with van der Waals surface area (Å²) in [7, 11) is -2.77. The number of benzene rings is 2. The zero-order valence-electron chi connectivity index (χ0n) is 23.2. The van der Waals surface area contributed by atoms with Gasteiger partial charge in [0.05, 0.1) is 12.1 Å². The summed E-state index contributed by atoms with van der Waals surface area (Å²) < 4.78 is 7.15. The molecule has 2 aromatic rings. The van der Waals surface area contributed by atoms with Crippen LogP contribution in [0.25, 0.3) is 0 Å². The van der Waals surface area contributed by atoms with Crippen molar-refractivity contribution in [2.45, 2.75) is 71.2 Å².